The molecule has 0 radical (unpaired) electrons. The SMILES string of the molecule is OC(Cc1cccc(F)c1Br)c1ncc(Br)cc1Br. The molecule has 19 heavy (non-hydrogen) atoms. The summed E-state index contributed by atoms with van der Waals surface area (Å²) in [6.07, 6.45) is 1.09. The van der Waals surface area contributed by atoms with Crippen LogP contribution in [-0.4, -0.2) is 10.1 Å². The number of pyridine rings is 1. The second-order valence-corrected chi connectivity index (χ2v) is 6.52. The van der Waals surface area contributed by atoms with E-state index in [4.69, 9.17) is 0 Å². The summed E-state index contributed by atoms with van der Waals surface area (Å²) in [5, 5.41) is 10.2. The number of halogens is 4. The Morgan fingerprint density at radius 1 is 1.26 bits per heavy atom. The fraction of sp³-hybridized carbons (Fsp3) is 0.154. The van der Waals surface area contributed by atoms with Gasteiger partial charge in [0.15, 0.2) is 0 Å². The quantitative estimate of drug-likeness (QED) is 0.725. The lowest BCUT2D eigenvalue weighted by atomic mass is 10.1. The van der Waals surface area contributed by atoms with Gasteiger partial charge in [-0.15, -0.1) is 0 Å². The maximum absolute atomic E-state index is 13.4. The first-order valence-corrected chi connectivity index (χ1v) is 7.79. The number of hydrogen-bond donors (Lipinski definition) is 1. The van der Waals surface area contributed by atoms with Crippen LogP contribution in [0.3, 0.4) is 0 Å². The smallest absolute Gasteiger partial charge is 0.137 e. The maximum Gasteiger partial charge on any atom is 0.137 e. The predicted octanol–water partition coefficient (Wildman–Crippen LogP) is 4.78. The Labute approximate surface area is 135 Å². The Bertz CT molecular complexity index is 606. The molecule has 100 valence electrons. The predicted molar refractivity (Wildman–Crippen MR) is 82.4 cm³/mol. The highest BCUT2D eigenvalue weighted by atomic mass is 79.9. The van der Waals surface area contributed by atoms with Gasteiger partial charge in [-0.05, 0) is 65.5 Å². The molecule has 0 fully saturated rings. The van der Waals surface area contributed by atoms with Crippen molar-refractivity contribution in [2.24, 2.45) is 0 Å². The molecule has 0 saturated carbocycles. The zero-order chi connectivity index (χ0) is 14.0. The average molecular weight is 454 g/mol. The molecule has 0 amide bonds. The third kappa shape index (κ3) is 3.62. The van der Waals surface area contributed by atoms with Crippen molar-refractivity contribution >= 4 is 47.8 Å². The van der Waals surface area contributed by atoms with Crippen molar-refractivity contribution in [1.29, 1.82) is 0 Å². The van der Waals surface area contributed by atoms with E-state index >= 15 is 0 Å². The van der Waals surface area contributed by atoms with E-state index in [9.17, 15) is 9.50 Å². The zero-order valence-corrected chi connectivity index (χ0v) is 14.3. The van der Waals surface area contributed by atoms with E-state index in [0.29, 0.717) is 20.2 Å². The highest BCUT2D eigenvalue weighted by molar-refractivity contribution is 9.11. The van der Waals surface area contributed by atoms with Crippen molar-refractivity contribution in [3.63, 3.8) is 0 Å². The first kappa shape index (κ1) is 15.1. The second kappa shape index (κ2) is 6.43. The number of aromatic nitrogens is 1. The summed E-state index contributed by atoms with van der Waals surface area (Å²) >= 11 is 9.84. The van der Waals surface area contributed by atoms with Crippen LogP contribution in [0.4, 0.5) is 4.39 Å². The minimum absolute atomic E-state index is 0.283. The molecule has 0 aliphatic heterocycles. The van der Waals surface area contributed by atoms with Crippen LogP contribution in [-0.2, 0) is 6.42 Å². The number of aliphatic hydroxyl groups is 1. The van der Waals surface area contributed by atoms with Crippen LogP contribution in [0, 0.1) is 5.82 Å². The molecule has 1 aromatic carbocycles. The van der Waals surface area contributed by atoms with Gasteiger partial charge in [0.05, 0.1) is 10.2 Å². The van der Waals surface area contributed by atoms with Gasteiger partial charge in [-0.2, -0.15) is 0 Å². The van der Waals surface area contributed by atoms with Gasteiger partial charge < -0.3 is 5.11 Å². The van der Waals surface area contributed by atoms with E-state index < -0.39 is 6.10 Å². The van der Waals surface area contributed by atoms with Gasteiger partial charge in [0, 0.05) is 21.6 Å². The fourth-order valence-electron chi connectivity index (χ4n) is 1.68. The number of nitrogens with zero attached hydrogens (tertiary/aromatic N) is 1. The van der Waals surface area contributed by atoms with E-state index in [0.717, 1.165) is 4.47 Å². The lowest BCUT2D eigenvalue weighted by Crippen LogP contribution is -2.06. The molecule has 1 N–H and O–H groups in total. The van der Waals surface area contributed by atoms with E-state index in [1.807, 2.05) is 6.07 Å². The van der Waals surface area contributed by atoms with Crippen LogP contribution in [0.15, 0.2) is 43.9 Å². The van der Waals surface area contributed by atoms with Gasteiger partial charge in [-0.25, -0.2) is 4.39 Å². The normalized spacial score (nSPS) is 12.5. The molecule has 1 aromatic heterocycles. The molecule has 0 bridgehead atoms. The van der Waals surface area contributed by atoms with Crippen LogP contribution in [0.5, 0.6) is 0 Å². The van der Waals surface area contributed by atoms with Crippen LogP contribution in [0.1, 0.15) is 17.4 Å². The molecule has 2 aromatic rings. The Morgan fingerprint density at radius 2 is 2.00 bits per heavy atom. The number of benzene rings is 1. The molecule has 0 aliphatic rings. The number of hydrogen-bond acceptors (Lipinski definition) is 2. The van der Waals surface area contributed by atoms with E-state index in [1.165, 1.54) is 6.07 Å². The summed E-state index contributed by atoms with van der Waals surface area (Å²) < 4.78 is 15.3. The first-order valence-electron chi connectivity index (χ1n) is 5.41. The molecule has 1 heterocycles. The largest absolute Gasteiger partial charge is 0.386 e. The summed E-state index contributed by atoms with van der Waals surface area (Å²) in [5.74, 6) is -0.340. The molecule has 0 aliphatic carbocycles. The maximum atomic E-state index is 13.4. The van der Waals surface area contributed by atoms with Crippen molar-refractivity contribution in [2.75, 3.05) is 0 Å². The van der Waals surface area contributed by atoms with Crippen molar-refractivity contribution in [3.8, 4) is 0 Å². The Morgan fingerprint density at radius 3 is 2.68 bits per heavy atom. The van der Waals surface area contributed by atoms with Crippen LogP contribution >= 0.6 is 47.8 Å². The number of aliphatic hydroxyl groups excluding tert-OH is 1. The summed E-state index contributed by atoms with van der Waals surface area (Å²) in [6, 6.07) is 6.56. The van der Waals surface area contributed by atoms with E-state index in [1.54, 1.807) is 18.3 Å². The number of rotatable bonds is 3. The van der Waals surface area contributed by atoms with Gasteiger partial charge in [0.1, 0.15) is 11.9 Å². The minimum atomic E-state index is -0.805. The van der Waals surface area contributed by atoms with Gasteiger partial charge in [0.25, 0.3) is 0 Å². The molecule has 0 saturated heterocycles. The van der Waals surface area contributed by atoms with Crippen LogP contribution < -0.4 is 0 Å². The van der Waals surface area contributed by atoms with Crippen LogP contribution in [0.2, 0.25) is 0 Å². The van der Waals surface area contributed by atoms with E-state index in [-0.39, 0.29) is 12.2 Å². The third-order valence-electron chi connectivity index (χ3n) is 2.60. The Kier molecular flexibility index (Phi) is 5.11. The zero-order valence-electron chi connectivity index (χ0n) is 9.58. The Hall–Kier alpha value is -0.300. The topological polar surface area (TPSA) is 33.1 Å². The van der Waals surface area contributed by atoms with Gasteiger partial charge >= 0.3 is 0 Å². The summed E-state index contributed by atoms with van der Waals surface area (Å²) in [4.78, 5) is 4.17. The molecular weight excluding hydrogens is 445 g/mol. The lowest BCUT2D eigenvalue weighted by Gasteiger charge is -2.13. The van der Waals surface area contributed by atoms with Gasteiger partial charge in [0.2, 0.25) is 0 Å². The molecule has 1 unspecified atom stereocenters. The summed E-state index contributed by atoms with van der Waals surface area (Å²) in [5.41, 5.74) is 1.23. The monoisotopic (exact) mass is 451 g/mol. The summed E-state index contributed by atoms with van der Waals surface area (Å²) in [7, 11) is 0. The van der Waals surface area contributed by atoms with Crippen molar-refractivity contribution < 1.29 is 9.50 Å². The molecule has 2 nitrogen and oxygen atoms in total. The first-order chi connectivity index (χ1) is 8.99. The molecule has 0 spiro atoms. The highest BCUT2D eigenvalue weighted by Gasteiger charge is 2.16. The molecular formula is C13H9Br3FNO. The minimum Gasteiger partial charge on any atom is -0.386 e. The average Bonchev–Trinajstić information content (AvgIpc) is 2.34. The standard InChI is InChI=1S/C13H9Br3FNO/c14-8-5-9(15)13(18-6-8)11(19)4-7-2-1-3-10(17)12(7)16/h1-3,5-6,11,19H,4H2. The molecule has 6 heteroatoms. The molecule has 1 atom stereocenters. The summed E-state index contributed by atoms with van der Waals surface area (Å²) in [6.45, 7) is 0. The van der Waals surface area contributed by atoms with Gasteiger partial charge in [-0.3, -0.25) is 4.98 Å². The molecule has 2 rings (SSSR count). The highest BCUT2D eigenvalue weighted by Crippen LogP contribution is 2.29. The van der Waals surface area contributed by atoms with Crippen LogP contribution in [0.25, 0.3) is 0 Å². The van der Waals surface area contributed by atoms with Crippen molar-refractivity contribution in [3.05, 3.63) is 61.0 Å². The van der Waals surface area contributed by atoms with Gasteiger partial charge in [-0.1, -0.05) is 12.1 Å². The fourth-order valence-corrected chi connectivity index (χ4v) is 3.36. The van der Waals surface area contributed by atoms with E-state index in [2.05, 4.69) is 52.8 Å². The van der Waals surface area contributed by atoms with Crippen molar-refractivity contribution in [2.45, 2.75) is 12.5 Å². The lowest BCUT2D eigenvalue weighted by molar-refractivity contribution is 0.172. The Balaban J connectivity index is 2.25. The third-order valence-corrected chi connectivity index (χ3v) is 4.55. The second-order valence-electron chi connectivity index (χ2n) is 3.95. The van der Waals surface area contributed by atoms with Crippen molar-refractivity contribution in [1.82, 2.24) is 4.98 Å².